The topological polar surface area (TPSA) is 68.4 Å². The van der Waals surface area contributed by atoms with Crippen molar-refractivity contribution in [2.24, 2.45) is 5.41 Å². The molecule has 7 heteroatoms. The quantitative estimate of drug-likeness (QED) is 0.845. The first-order valence-corrected chi connectivity index (χ1v) is 9.32. The van der Waals surface area contributed by atoms with Gasteiger partial charge < -0.3 is 14.5 Å². The maximum absolute atomic E-state index is 12.2. The Balaban J connectivity index is 2.52. The molecule has 0 saturated carbocycles. The van der Waals surface area contributed by atoms with Crippen LogP contribution in [0, 0.1) is 5.41 Å². The Labute approximate surface area is 160 Å². The highest BCUT2D eigenvalue weighted by Crippen LogP contribution is 2.36. The summed E-state index contributed by atoms with van der Waals surface area (Å²) in [5.41, 5.74) is -0.0518. The number of carbonyl (C=O) groups is 1. The van der Waals surface area contributed by atoms with E-state index in [0.717, 1.165) is 0 Å². The van der Waals surface area contributed by atoms with Gasteiger partial charge in [0.2, 0.25) is 0 Å². The fraction of sp³-hybridized carbons (Fsp3) is 0.368. The molecule has 0 unspecified atom stereocenters. The van der Waals surface area contributed by atoms with Crippen LogP contribution in [-0.4, -0.2) is 24.5 Å². The van der Waals surface area contributed by atoms with Crippen LogP contribution in [0.1, 0.15) is 33.3 Å². The fourth-order valence-corrected chi connectivity index (χ4v) is 3.28. The van der Waals surface area contributed by atoms with Gasteiger partial charge in [-0.15, -0.1) is 11.3 Å². The summed E-state index contributed by atoms with van der Waals surface area (Å²) >= 11 is 7.48. The molecular formula is C19H22ClNO4S. The lowest BCUT2D eigenvalue weighted by atomic mass is 9.91. The molecule has 0 amide bonds. The average Bonchev–Trinajstić information content (AvgIpc) is 2.88. The van der Waals surface area contributed by atoms with Gasteiger partial charge in [0.25, 0.3) is 5.56 Å². The van der Waals surface area contributed by atoms with Crippen molar-refractivity contribution in [1.29, 1.82) is 0 Å². The molecule has 0 atom stereocenters. The van der Waals surface area contributed by atoms with Crippen LogP contribution in [-0.2, 0) is 4.79 Å². The highest BCUT2D eigenvalue weighted by molar-refractivity contribution is 7.07. The lowest BCUT2D eigenvalue weighted by Gasteiger charge is -2.12. The van der Waals surface area contributed by atoms with E-state index in [-0.39, 0.29) is 11.3 Å². The Bertz CT molecular complexity index is 982. The normalized spacial score (nSPS) is 13.2. The second-order valence-electron chi connectivity index (χ2n) is 6.65. The molecule has 0 saturated heterocycles. The number of thiazole rings is 1. The van der Waals surface area contributed by atoms with Crippen LogP contribution in [0.25, 0.3) is 12.2 Å². The number of ether oxygens (including phenoxy) is 2. The number of ketones is 1. The summed E-state index contributed by atoms with van der Waals surface area (Å²) in [7, 11) is 1.53. The average molecular weight is 396 g/mol. The van der Waals surface area contributed by atoms with Crippen molar-refractivity contribution in [3.05, 3.63) is 42.3 Å². The monoisotopic (exact) mass is 395 g/mol. The number of carbonyl (C=O) groups excluding carboxylic acids is 1. The van der Waals surface area contributed by atoms with E-state index in [1.807, 2.05) is 27.7 Å². The Kier molecular flexibility index (Phi) is 6.31. The van der Waals surface area contributed by atoms with Gasteiger partial charge in [-0.2, -0.15) is 0 Å². The predicted octanol–water partition coefficient (Wildman–Crippen LogP) is 2.72. The summed E-state index contributed by atoms with van der Waals surface area (Å²) in [6.07, 6.45) is 3.17. The number of rotatable bonds is 5. The van der Waals surface area contributed by atoms with E-state index >= 15 is 0 Å². The largest absolute Gasteiger partial charge is 0.493 e. The number of aromatic amines is 1. The molecule has 26 heavy (non-hydrogen) atoms. The van der Waals surface area contributed by atoms with Gasteiger partial charge in [0, 0.05) is 11.5 Å². The van der Waals surface area contributed by atoms with Gasteiger partial charge in [-0.25, -0.2) is 0 Å². The SMILES string of the molecule is CCOc1c(Cl)cc(/C=c2\s/c(=C\C(=O)C(C)(C)C)[nH]c2=O)cc1OC. The van der Waals surface area contributed by atoms with Crippen molar-refractivity contribution in [1.82, 2.24) is 4.98 Å². The molecule has 1 heterocycles. The second kappa shape index (κ2) is 8.10. The van der Waals surface area contributed by atoms with Gasteiger partial charge >= 0.3 is 0 Å². The number of H-pyrrole nitrogens is 1. The molecule has 1 N–H and O–H groups in total. The molecule has 0 spiro atoms. The zero-order chi connectivity index (χ0) is 19.5. The zero-order valence-electron chi connectivity index (χ0n) is 15.4. The molecule has 140 valence electrons. The zero-order valence-corrected chi connectivity index (χ0v) is 17.0. The van der Waals surface area contributed by atoms with Gasteiger partial charge in [-0.3, -0.25) is 9.59 Å². The number of nitrogens with one attached hydrogen (secondary N) is 1. The highest BCUT2D eigenvalue weighted by Gasteiger charge is 2.18. The van der Waals surface area contributed by atoms with Crippen molar-refractivity contribution in [2.45, 2.75) is 27.7 Å². The van der Waals surface area contributed by atoms with E-state index in [2.05, 4.69) is 4.98 Å². The number of aromatic nitrogens is 1. The molecule has 5 nitrogen and oxygen atoms in total. The summed E-state index contributed by atoms with van der Waals surface area (Å²) in [5.74, 6) is 0.916. The molecule has 0 fully saturated rings. The molecular weight excluding hydrogens is 374 g/mol. The number of hydrogen-bond acceptors (Lipinski definition) is 5. The smallest absolute Gasteiger partial charge is 0.266 e. The lowest BCUT2D eigenvalue weighted by Crippen LogP contribution is -2.22. The van der Waals surface area contributed by atoms with Crippen LogP contribution in [0.4, 0.5) is 0 Å². The van der Waals surface area contributed by atoms with Crippen molar-refractivity contribution < 1.29 is 14.3 Å². The van der Waals surface area contributed by atoms with Crippen LogP contribution >= 0.6 is 22.9 Å². The molecule has 1 aromatic heterocycles. The maximum atomic E-state index is 12.2. The van der Waals surface area contributed by atoms with Crippen molar-refractivity contribution >= 4 is 40.9 Å². The van der Waals surface area contributed by atoms with Crippen LogP contribution in [0.15, 0.2) is 16.9 Å². The van der Waals surface area contributed by atoms with Gasteiger partial charge in [0.1, 0.15) is 0 Å². The van der Waals surface area contributed by atoms with Gasteiger partial charge in [-0.05, 0) is 30.7 Å². The minimum Gasteiger partial charge on any atom is -0.493 e. The fourth-order valence-electron chi connectivity index (χ4n) is 2.12. The molecule has 0 bridgehead atoms. The predicted molar refractivity (Wildman–Crippen MR) is 106 cm³/mol. The summed E-state index contributed by atoms with van der Waals surface area (Å²) in [6, 6.07) is 3.46. The lowest BCUT2D eigenvalue weighted by molar-refractivity contribution is -0.119. The third-order valence-electron chi connectivity index (χ3n) is 3.52. The molecule has 0 aliphatic carbocycles. The minimum absolute atomic E-state index is 0.0488. The summed E-state index contributed by atoms with van der Waals surface area (Å²) < 4.78 is 11.8. The van der Waals surface area contributed by atoms with E-state index in [0.29, 0.717) is 37.9 Å². The van der Waals surface area contributed by atoms with E-state index in [1.165, 1.54) is 24.5 Å². The third-order valence-corrected chi connectivity index (χ3v) is 4.76. The Morgan fingerprint density at radius 1 is 1.35 bits per heavy atom. The van der Waals surface area contributed by atoms with E-state index in [9.17, 15) is 9.59 Å². The van der Waals surface area contributed by atoms with Gasteiger partial charge in [-0.1, -0.05) is 32.4 Å². The summed E-state index contributed by atoms with van der Waals surface area (Å²) in [5, 5.41) is 0.403. The van der Waals surface area contributed by atoms with Gasteiger partial charge in [0.15, 0.2) is 17.3 Å². The molecule has 0 aliphatic heterocycles. The Morgan fingerprint density at radius 3 is 2.62 bits per heavy atom. The minimum atomic E-state index is -0.499. The van der Waals surface area contributed by atoms with Crippen molar-refractivity contribution in [3.8, 4) is 11.5 Å². The van der Waals surface area contributed by atoms with Crippen molar-refractivity contribution in [2.75, 3.05) is 13.7 Å². The van der Waals surface area contributed by atoms with Crippen molar-refractivity contribution in [3.63, 3.8) is 0 Å². The molecule has 2 aromatic rings. The van der Waals surface area contributed by atoms with Crippen LogP contribution in [0.5, 0.6) is 11.5 Å². The van der Waals surface area contributed by atoms with E-state index in [1.54, 1.807) is 18.2 Å². The number of methoxy groups -OCH3 is 1. The van der Waals surface area contributed by atoms with Crippen LogP contribution in [0.3, 0.4) is 0 Å². The first-order valence-electron chi connectivity index (χ1n) is 8.13. The number of halogens is 1. The Hall–Kier alpha value is -2.05. The summed E-state index contributed by atoms with van der Waals surface area (Å²) in [6.45, 7) is 7.82. The Morgan fingerprint density at radius 2 is 2.04 bits per heavy atom. The highest BCUT2D eigenvalue weighted by atomic mass is 35.5. The standard InChI is InChI=1S/C19H22ClNO4S/c1-6-25-17-12(20)7-11(8-13(17)24-5)9-14-18(23)21-16(26-14)10-15(22)19(2,3)4/h7-10H,6H2,1-5H3,(H,21,23)/b14-9-,16-10-. The number of Topliss-reactive ketones (excluding diaryl/α,β-unsaturated/α-hetero) is 1. The third kappa shape index (κ3) is 4.77. The van der Waals surface area contributed by atoms with Crippen LogP contribution < -0.4 is 24.2 Å². The summed E-state index contributed by atoms with van der Waals surface area (Å²) in [4.78, 5) is 27.0. The maximum Gasteiger partial charge on any atom is 0.266 e. The van der Waals surface area contributed by atoms with E-state index < -0.39 is 5.41 Å². The molecule has 0 radical (unpaired) electrons. The first kappa shape index (κ1) is 20.3. The van der Waals surface area contributed by atoms with E-state index in [4.69, 9.17) is 21.1 Å². The second-order valence-corrected chi connectivity index (χ2v) is 8.15. The molecule has 1 aromatic carbocycles. The number of benzene rings is 1. The van der Waals surface area contributed by atoms with Crippen LogP contribution in [0.2, 0.25) is 5.02 Å². The molecule has 2 rings (SSSR count). The number of hydrogen-bond donors (Lipinski definition) is 1. The molecule has 0 aliphatic rings. The first-order chi connectivity index (χ1) is 12.2. The van der Waals surface area contributed by atoms with Gasteiger partial charge in [0.05, 0.1) is 27.9 Å².